The minimum absolute atomic E-state index is 0.121. The first-order chi connectivity index (χ1) is 16.0. The van der Waals surface area contributed by atoms with Crippen molar-refractivity contribution in [2.45, 2.75) is 44.1 Å². The van der Waals surface area contributed by atoms with E-state index in [1.165, 1.54) is 11.3 Å². The van der Waals surface area contributed by atoms with E-state index in [0.29, 0.717) is 29.9 Å². The fourth-order valence-corrected chi connectivity index (χ4v) is 4.10. The lowest BCUT2D eigenvalue weighted by Crippen LogP contribution is -2.41. The first-order valence-corrected chi connectivity index (χ1v) is 12.3. The summed E-state index contributed by atoms with van der Waals surface area (Å²) < 4.78 is 97.7. The number of ether oxygens (including phenoxy) is 1. The van der Waals surface area contributed by atoms with E-state index in [2.05, 4.69) is 16.4 Å². The summed E-state index contributed by atoms with van der Waals surface area (Å²) in [7, 11) is -4.61. The van der Waals surface area contributed by atoms with Crippen molar-refractivity contribution in [2.75, 3.05) is 13.2 Å². The standard InChI is InChI=1S/C21H22F6NO5PS/c1-19(28,13-33-34(29,30)31)10-9-16-7-6-15(35-16)4-2-3-11-32-14-5-8-17(20(22,23)24)18(12-14)21(25,26)27/h5-8,12H,3,9-11,13,28H2,1H3,(H2,29,30,31). The van der Waals surface area contributed by atoms with Crippen LogP contribution in [0.4, 0.5) is 26.3 Å². The summed E-state index contributed by atoms with van der Waals surface area (Å²) in [6, 6.07) is 5.04. The summed E-state index contributed by atoms with van der Waals surface area (Å²) in [6.45, 7) is 1.16. The Morgan fingerprint density at radius 1 is 1.06 bits per heavy atom. The van der Waals surface area contributed by atoms with Crippen molar-refractivity contribution >= 4 is 19.2 Å². The molecule has 2 rings (SSSR count). The number of aryl methyl sites for hydroxylation is 1. The van der Waals surface area contributed by atoms with Gasteiger partial charge in [-0.2, -0.15) is 26.3 Å². The van der Waals surface area contributed by atoms with E-state index in [0.717, 1.165) is 10.9 Å². The molecule has 0 aliphatic heterocycles. The maximum absolute atomic E-state index is 13.0. The highest BCUT2D eigenvalue weighted by Crippen LogP contribution is 2.41. The molecule has 14 heteroatoms. The van der Waals surface area contributed by atoms with Crippen molar-refractivity contribution in [1.29, 1.82) is 0 Å². The zero-order chi connectivity index (χ0) is 26.5. The number of nitrogens with two attached hydrogens (primary N) is 1. The highest BCUT2D eigenvalue weighted by molar-refractivity contribution is 7.46. The van der Waals surface area contributed by atoms with E-state index in [1.807, 2.05) is 6.07 Å². The van der Waals surface area contributed by atoms with Crippen molar-refractivity contribution < 1.29 is 50.0 Å². The summed E-state index contributed by atoms with van der Waals surface area (Å²) in [4.78, 5) is 19.1. The molecule has 0 bridgehead atoms. The number of benzene rings is 1. The molecule has 194 valence electrons. The fraction of sp³-hybridized carbons (Fsp3) is 0.429. The molecule has 1 aromatic heterocycles. The van der Waals surface area contributed by atoms with Crippen LogP contribution in [0, 0.1) is 11.8 Å². The van der Waals surface area contributed by atoms with Gasteiger partial charge in [-0.25, -0.2) is 4.57 Å². The third-order valence-corrected chi connectivity index (χ3v) is 6.00. The van der Waals surface area contributed by atoms with Crippen LogP contribution >= 0.6 is 19.2 Å². The molecule has 1 atom stereocenters. The Hall–Kier alpha value is -2.07. The minimum Gasteiger partial charge on any atom is -0.493 e. The van der Waals surface area contributed by atoms with Gasteiger partial charge in [0.15, 0.2) is 0 Å². The SMILES string of the molecule is CC(N)(CCc1ccc(C#CCCOc2ccc(C(F)(F)F)c(C(F)(F)F)c2)s1)COP(=O)(O)O. The van der Waals surface area contributed by atoms with Gasteiger partial charge in [0.25, 0.3) is 0 Å². The minimum atomic E-state index is -5.19. The molecule has 2 aromatic rings. The molecule has 35 heavy (non-hydrogen) atoms. The average molecular weight is 545 g/mol. The van der Waals surface area contributed by atoms with Gasteiger partial charge in [0.1, 0.15) is 5.75 Å². The molecule has 1 aromatic carbocycles. The van der Waals surface area contributed by atoms with E-state index in [1.54, 1.807) is 13.0 Å². The van der Waals surface area contributed by atoms with Crippen molar-refractivity contribution in [3.63, 3.8) is 0 Å². The Kier molecular flexibility index (Phi) is 9.44. The van der Waals surface area contributed by atoms with Crippen LogP contribution in [0.3, 0.4) is 0 Å². The molecule has 0 aliphatic rings. The van der Waals surface area contributed by atoms with Gasteiger partial charge in [-0.05, 0) is 50.1 Å². The molecule has 0 saturated heterocycles. The van der Waals surface area contributed by atoms with Gasteiger partial charge in [-0.1, -0.05) is 11.8 Å². The molecule has 0 aliphatic carbocycles. The third kappa shape index (κ3) is 10.2. The number of rotatable bonds is 9. The molecular weight excluding hydrogens is 523 g/mol. The second-order valence-corrected chi connectivity index (χ2v) is 10.2. The van der Waals surface area contributed by atoms with Crippen LogP contribution in [0.5, 0.6) is 5.75 Å². The molecule has 0 saturated carbocycles. The Bertz CT molecular complexity index is 1110. The van der Waals surface area contributed by atoms with Gasteiger partial charge in [-0.15, -0.1) is 11.3 Å². The molecule has 6 nitrogen and oxygen atoms in total. The van der Waals surface area contributed by atoms with Crippen molar-refractivity contribution in [3.05, 3.63) is 51.2 Å². The summed E-state index contributed by atoms with van der Waals surface area (Å²) >= 11 is 1.36. The second kappa shape index (κ2) is 11.3. The fourth-order valence-electron chi connectivity index (χ4n) is 2.76. The highest BCUT2D eigenvalue weighted by Gasteiger charge is 2.43. The van der Waals surface area contributed by atoms with E-state index >= 15 is 0 Å². The molecule has 0 radical (unpaired) electrons. The van der Waals surface area contributed by atoms with Gasteiger partial charge < -0.3 is 20.3 Å². The number of hydrogen-bond acceptors (Lipinski definition) is 5. The Balaban J connectivity index is 1.88. The lowest BCUT2D eigenvalue weighted by molar-refractivity contribution is -0.162. The summed E-state index contributed by atoms with van der Waals surface area (Å²) in [5.74, 6) is 5.29. The van der Waals surface area contributed by atoms with E-state index < -0.39 is 36.8 Å². The quantitative estimate of drug-likeness (QED) is 0.170. The van der Waals surface area contributed by atoms with Crippen LogP contribution in [0.1, 0.15) is 40.6 Å². The van der Waals surface area contributed by atoms with Crippen molar-refractivity contribution in [2.24, 2.45) is 5.73 Å². The summed E-state index contributed by atoms with van der Waals surface area (Å²) in [5, 5.41) is 0. The number of hydrogen-bond donors (Lipinski definition) is 3. The maximum atomic E-state index is 13.0. The topological polar surface area (TPSA) is 102 Å². The smallest absolute Gasteiger partial charge is 0.469 e. The highest BCUT2D eigenvalue weighted by atomic mass is 32.1. The van der Waals surface area contributed by atoms with E-state index in [-0.39, 0.29) is 25.4 Å². The first-order valence-electron chi connectivity index (χ1n) is 9.94. The van der Waals surface area contributed by atoms with Gasteiger partial charge in [0.05, 0.1) is 29.2 Å². The number of phosphoric acid groups is 1. The van der Waals surface area contributed by atoms with Gasteiger partial charge in [0, 0.05) is 16.8 Å². The lowest BCUT2D eigenvalue weighted by Gasteiger charge is -2.24. The zero-order valence-electron chi connectivity index (χ0n) is 18.2. The molecule has 1 heterocycles. The van der Waals surface area contributed by atoms with Crippen LogP contribution in [0.2, 0.25) is 0 Å². The molecule has 4 N–H and O–H groups in total. The van der Waals surface area contributed by atoms with Crippen LogP contribution in [0.25, 0.3) is 0 Å². The molecule has 0 spiro atoms. The molecule has 0 amide bonds. The zero-order valence-corrected chi connectivity index (χ0v) is 20.0. The van der Waals surface area contributed by atoms with E-state index in [4.69, 9.17) is 20.3 Å². The third-order valence-electron chi connectivity index (χ3n) is 4.48. The largest absolute Gasteiger partial charge is 0.493 e. The Morgan fingerprint density at radius 3 is 2.31 bits per heavy atom. The van der Waals surface area contributed by atoms with Gasteiger partial charge >= 0.3 is 20.2 Å². The summed E-state index contributed by atoms with van der Waals surface area (Å²) in [6.07, 6.45) is -9.30. The average Bonchev–Trinajstić information content (AvgIpc) is 3.17. The maximum Gasteiger partial charge on any atom is 0.469 e. The molecule has 1 unspecified atom stereocenters. The monoisotopic (exact) mass is 545 g/mol. The van der Waals surface area contributed by atoms with Crippen LogP contribution in [-0.2, 0) is 27.9 Å². The van der Waals surface area contributed by atoms with Gasteiger partial charge in [-0.3, -0.25) is 4.52 Å². The van der Waals surface area contributed by atoms with Crippen LogP contribution in [0.15, 0.2) is 30.3 Å². The first kappa shape index (κ1) is 29.2. The number of alkyl halides is 6. The molecule has 0 fully saturated rings. The van der Waals surface area contributed by atoms with Crippen LogP contribution in [-0.4, -0.2) is 28.5 Å². The predicted molar refractivity (Wildman–Crippen MR) is 117 cm³/mol. The molecular formula is C21H22F6NO5PS. The number of halogens is 6. The number of thiophene rings is 1. The lowest BCUT2D eigenvalue weighted by atomic mass is 9.98. The summed E-state index contributed by atoms with van der Waals surface area (Å²) in [5.41, 5.74) is 1.42. The van der Waals surface area contributed by atoms with Crippen LogP contribution < -0.4 is 10.5 Å². The second-order valence-electron chi connectivity index (χ2n) is 7.79. The Morgan fingerprint density at radius 2 is 1.71 bits per heavy atom. The number of phosphoric ester groups is 1. The van der Waals surface area contributed by atoms with E-state index in [9.17, 15) is 30.9 Å². The van der Waals surface area contributed by atoms with Gasteiger partial charge in [0.2, 0.25) is 0 Å². The van der Waals surface area contributed by atoms with Crippen molar-refractivity contribution in [3.8, 4) is 17.6 Å². The Labute approximate surface area is 201 Å². The predicted octanol–water partition coefficient (Wildman–Crippen LogP) is 5.37. The normalized spacial score (nSPS) is 14.2. The van der Waals surface area contributed by atoms with Crippen molar-refractivity contribution in [1.82, 2.24) is 0 Å².